The number of hydrogen-bond acceptors (Lipinski definition) is 2. The van der Waals surface area contributed by atoms with Crippen LogP contribution in [0.3, 0.4) is 0 Å². The first-order chi connectivity index (χ1) is 15.7. The maximum absolute atomic E-state index is 12.8. The Morgan fingerprint density at radius 2 is 1.62 bits per heavy atom. The Morgan fingerprint density at radius 3 is 2.26 bits per heavy atom. The number of carboxylic acid groups (broad SMARTS) is 1. The summed E-state index contributed by atoms with van der Waals surface area (Å²) in [4.78, 5) is 12.8. The number of aliphatic hydroxyl groups excluding tert-OH is 1. The van der Waals surface area contributed by atoms with E-state index in [1.807, 2.05) is 0 Å². The molecular formula is C31H50O3. The van der Waals surface area contributed by atoms with Crippen molar-refractivity contribution < 1.29 is 15.0 Å². The fourth-order valence-corrected chi connectivity index (χ4v) is 10.9. The van der Waals surface area contributed by atoms with Crippen molar-refractivity contribution in [3.63, 3.8) is 0 Å². The zero-order chi connectivity index (χ0) is 24.9. The average Bonchev–Trinajstić information content (AvgIpc) is 2.76. The Kier molecular flexibility index (Phi) is 5.38. The Hall–Kier alpha value is -0.830. The molecule has 2 N–H and O–H groups in total. The van der Waals surface area contributed by atoms with Gasteiger partial charge in [-0.3, -0.25) is 4.79 Å². The molecule has 0 spiro atoms. The van der Waals surface area contributed by atoms with Gasteiger partial charge in [-0.25, -0.2) is 0 Å². The van der Waals surface area contributed by atoms with E-state index in [0.717, 1.165) is 38.5 Å². The molecular weight excluding hydrogens is 420 g/mol. The predicted molar refractivity (Wildman–Crippen MR) is 137 cm³/mol. The quantitative estimate of drug-likeness (QED) is 0.411. The monoisotopic (exact) mass is 470 g/mol. The van der Waals surface area contributed by atoms with Crippen LogP contribution in [0.5, 0.6) is 0 Å². The number of fused-ring (bicyclic) bond motifs is 7. The van der Waals surface area contributed by atoms with Gasteiger partial charge in [0, 0.05) is 6.61 Å². The van der Waals surface area contributed by atoms with E-state index in [9.17, 15) is 15.0 Å². The lowest BCUT2D eigenvalue weighted by molar-refractivity contribution is -0.203. The van der Waals surface area contributed by atoms with Crippen LogP contribution in [0, 0.1) is 56.2 Å². The van der Waals surface area contributed by atoms with E-state index in [1.54, 1.807) is 0 Å². The van der Waals surface area contributed by atoms with Crippen LogP contribution in [0.25, 0.3) is 0 Å². The summed E-state index contributed by atoms with van der Waals surface area (Å²) < 4.78 is 0. The summed E-state index contributed by atoms with van der Waals surface area (Å²) >= 11 is 0. The van der Waals surface area contributed by atoms with Crippen molar-refractivity contribution in [3.05, 3.63) is 11.6 Å². The van der Waals surface area contributed by atoms with Crippen LogP contribution in [0.4, 0.5) is 0 Å². The van der Waals surface area contributed by atoms with Crippen molar-refractivity contribution in [2.75, 3.05) is 6.61 Å². The van der Waals surface area contributed by atoms with Crippen LogP contribution in [0.1, 0.15) is 113 Å². The van der Waals surface area contributed by atoms with E-state index in [2.05, 4.69) is 54.5 Å². The van der Waals surface area contributed by atoms with Gasteiger partial charge in [-0.05, 0) is 115 Å². The fraction of sp³-hybridized carbons (Fsp3) is 0.903. The molecule has 5 aliphatic carbocycles. The number of carboxylic acids is 1. The van der Waals surface area contributed by atoms with Crippen molar-refractivity contribution in [2.45, 2.75) is 113 Å². The lowest BCUT2D eigenvalue weighted by Gasteiger charge is -2.71. The summed E-state index contributed by atoms with van der Waals surface area (Å²) in [5.74, 6) is 1.39. The van der Waals surface area contributed by atoms with Crippen molar-refractivity contribution in [2.24, 2.45) is 56.2 Å². The highest BCUT2D eigenvalue weighted by Crippen LogP contribution is 2.76. The van der Waals surface area contributed by atoms with Crippen LogP contribution in [-0.4, -0.2) is 22.8 Å². The maximum Gasteiger partial charge on any atom is 0.310 e. The molecule has 0 aliphatic heterocycles. The number of rotatable bonds is 2. The minimum absolute atomic E-state index is 0.0116. The van der Waals surface area contributed by atoms with Crippen LogP contribution in [0.15, 0.2) is 11.6 Å². The third-order valence-electron chi connectivity index (χ3n) is 13.7. The molecule has 0 bridgehead atoms. The minimum atomic E-state index is -0.555. The lowest BCUT2D eigenvalue weighted by Crippen LogP contribution is -2.65. The zero-order valence-electron chi connectivity index (χ0n) is 23.0. The standard InChI is InChI=1S/C31H50O3/c1-20-10-12-27(4)23(28(20,5)19-32)11-13-30(7)24(27)9-8-21-22-18-26(2,3)14-16-31(22,25(33)34)17-15-29(21,30)6/h8,20,22-24,32H,9-19H2,1-7H3,(H,33,34)/t20-,22?,23?,24?,27-,28+,29+,30+,31-/m0/s1. The average molecular weight is 471 g/mol. The van der Waals surface area contributed by atoms with Gasteiger partial charge in [0.1, 0.15) is 0 Å². The highest BCUT2D eigenvalue weighted by Gasteiger charge is 2.69. The van der Waals surface area contributed by atoms with Crippen LogP contribution < -0.4 is 0 Å². The molecule has 3 nitrogen and oxygen atoms in total. The molecule has 0 heterocycles. The van der Waals surface area contributed by atoms with Crippen molar-refractivity contribution in [1.82, 2.24) is 0 Å². The molecule has 0 aromatic carbocycles. The number of aliphatic hydroxyl groups is 1. The van der Waals surface area contributed by atoms with Gasteiger partial charge in [-0.15, -0.1) is 0 Å². The Bertz CT molecular complexity index is 904. The number of carbonyl (C=O) groups is 1. The molecule has 34 heavy (non-hydrogen) atoms. The second-order valence-corrected chi connectivity index (χ2v) is 15.3. The zero-order valence-corrected chi connectivity index (χ0v) is 23.0. The fourth-order valence-electron chi connectivity index (χ4n) is 10.9. The molecule has 4 fully saturated rings. The summed E-state index contributed by atoms with van der Waals surface area (Å²) in [5.41, 5.74) is 1.72. The Balaban J connectivity index is 1.60. The summed E-state index contributed by atoms with van der Waals surface area (Å²) in [5, 5.41) is 21.1. The maximum atomic E-state index is 12.8. The first-order valence-electron chi connectivity index (χ1n) is 14.3. The summed E-state index contributed by atoms with van der Waals surface area (Å²) in [7, 11) is 0. The summed E-state index contributed by atoms with van der Waals surface area (Å²) in [6, 6.07) is 0. The first kappa shape index (κ1) is 24.8. The van der Waals surface area contributed by atoms with Gasteiger partial charge in [0.25, 0.3) is 0 Å². The summed E-state index contributed by atoms with van der Waals surface area (Å²) in [6.07, 6.45) is 13.3. The smallest absolute Gasteiger partial charge is 0.310 e. The second kappa shape index (κ2) is 7.36. The number of allylic oxidation sites excluding steroid dienone is 2. The van der Waals surface area contributed by atoms with Gasteiger partial charge in [0.2, 0.25) is 0 Å². The Morgan fingerprint density at radius 1 is 0.941 bits per heavy atom. The van der Waals surface area contributed by atoms with E-state index in [1.165, 1.54) is 31.3 Å². The van der Waals surface area contributed by atoms with Gasteiger partial charge >= 0.3 is 5.97 Å². The molecule has 0 saturated heterocycles. The molecule has 4 saturated carbocycles. The first-order valence-corrected chi connectivity index (χ1v) is 14.3. The van der Waals surface area contributed by atoms with Gasteiger partial charge in [0.05, 0.1) is 5.41 Å². The highest BCUT2D eigenvalue weighted by atomic mass is 16.4. The molecule has 0 radical (unpaired) electrons. The minimum Gasteiger partial charge on any atom is -0.481 e. The molecule has 192 valence electrons. The van der Waals surface area contributed by atoms with Crippen LogP contribution >= 0.6 is 0 Å². The van der Waals surface area contributed by atoms with Gasteiger partial charge in [-0.2, -0.15) is 0 Å². The van der Waals surface area contributed by atoms with Crippen LogP contribution in [-0.2, 0) is 4.79 Å². The number of hydrogen-bond donors (Lipinski definition) is 2. The van der Waals surface area contributed by atoms with Crippen molar-refractivity contribution in [1.29, 1.82) is 0 Å². The van der Waals surface area contributed by atoms with E-state index in [0.29, 0.717) is 24.4 Å². The summed E-state index contributed by atoms with van der Waals surface area (Å²) in [6.45, 7) is 17.4. The van der Waals surface area contributed by atoms with Crippen molar-refractivity contribution in [3.8, 4) is 0 Å². The molecule has 5 aliphatic rings. The van der Waals surface area contributed by atoms with E-state index < -0.39 is 11.4 Å². The molecule has 0 aromatic heterocycles. The van der Waals surface area contributed by atoms with Crippen LogP contribution in [0.2, 0.25) is 0 Å². The molecule has 5 rings (SSSR count). The topological polar surface area (TPSA) is 57.5 Å². The Labute approximate surface area is 208 Å². The second-order valence-electron chi connectivity index (χ2n) is 15.3. The van der Waals surface area contributed by atoms with Gasteiger partial charge < -0.3 is 10.2 Å². The van der Waals surface area contributed by atoms with E-state index in [4.69, 9.17) is 0 Å². The van der Waals surface area contributed by atoms with Gasteiger partial charge in [-0.1, -0.05) is 60.1 Å². The molecule has 3 heteroatoms. The molecule has 0 aromatic rings. The molecule has 9 atom stereocenters. The predicted octanol–water partition coefficient (Wildman–Crippen LogP) is 7.48. The number of aliphatic carboxylic acids is 1. The molecule has 0 amide bonds. The van der Waals surface area contributed by atoms with E-state index >= 15 is 0 Å². The molecule has 3 unspecified atom stereocenters. The lowest BCUT2D eigenvalue weighted by atomic mass is 9.33. The third-order valence-corrected chi connectivity index (χ3v) is 13.7. The van der Waals surface area contributed by atoms with Crippen molar-refractivity contribution >= 4 is 5.97 Å². The van der Waals surface area contributed by atoms with E-state index in [-0.39, 0.29) is 33.0 Å². The highest BCUT2D eigenvalue weighted by molar-refractivity contribution is 5.76. The SMILES string of the molecule is C[C@H]1CC[C@@]2(C)C(CC[C@]3(C)C2CC=C2C4CC(C)(C)CC[C@]4(C(=O)O)CC[C@]23C)[C@]1(C)CO. The van der Waals surface area contributed by atoms with Gasteiger partial charge in [0.15, 0.2) is 0 Å². The third kappa shape index (κ3) is 2.88. The largest absolute Gasteiger partial charge is 0.481 e. The normalized spacial score (nSPS) is 54.1.